The molecule has 0 aliphatic carbocycles. The highest BCUT2D eigenvalue weighted by atomic mass is 16.5. The average molecular weight is 344 g/mol. The van der Waals surface area contributed by atoms with Crippen molar-refractivity contribution in [3.05, 3.63) is 53.4 Å². The van der Waals surface area contributed by atoms with Crippen molar-refractivity contribution in [1.29, 1.82) is 0 Å². The first-order valence-electron chi connectivity index (χ1n) is 8.58. The number of aryl methyl sites for hydroxylation is 2. The largest absolute Gasteiger partial charge is 0.393 e. The maximum atomic E-state index is 12.5. The fraction of sp³-hybridized carbons (Fsp3) is 0.474. The van der Waals surface area contributed by atoms with Gasteiger partial charge in [-0.3, -0.25) is 4.79 Å². The minimum atomic E-state index is -0.742. The van der Waals surface area contributed by atoms with Gasteiger partial charge in [-0.2, -0.15) is 0 Å². The monoisotopic (exact) mass is 344 g/mol. The highest BCUT2D eigenvalue weighted by Gasteiger charge is 2.38. The first-order chi connectivity index (χ1) is 12.1. The van der Waals surface area contributed by atoms with Crippen molar-refractivity contribution in [2.45, 2.75) is 31.8 Å². The minimum absolute atomic E-state index is 0.0433. The Labute approximate surface area is 147 Å². The summed E-state index contributed by atoms with van der Waals surface area (Å²) in [6, 6.07) is 9.92. The van der Waals surface area contributed by atoms with Crippen molar-refractivity contribution in [2.24, 2.45) is 0 Å². The van der Waals surface area contributed by atoms with Crippen LogP contribution in [0.4, 0.5) is 0 Å². The van der Waals surface area contributed by atoms with Gasteiger partial charge in [-0.25, -0.2) is 0 Å². The van der Waals surface area contributed by atoms with E-state index in [1.165, 1.54) is 5.56 Å². The summed E-state index contributed by atoms with van der Waals surface area (Å²) in [5, 5.41) is 13.6. The zero-order valence-corrected chi connectivity index (χ0v) is 14.5. The molecule has 1 atom stereocenters. The van der Waals surface area contributed by atoms with Crippen molar-refractivity contribution in [3.8, 4) is 0 Å². The van der Waals surface area contributed by atoms with E-state index < -0.39 is 5.60 Å². The van der Waals surface area contributed by atoms with E-state index in [0.717, 1.165) is 5.56 Å². The van der Waals surface area contributed by atoms with E-state index in [0.29, 0.717) is 44.7 Å². The highest BCUT2D eigenvalue weighted by Crippen LogP contribution is 2.24. The maximum Gasteiger partial charge on any atom is 0.223 e. The molecule has 1 aliphatic rings. The number of hydrogen-bond acceptors (Lipinski definition) is 5. The van der Waals surface area contributed by atoms with E-state index in [2.05, 4.69) is 11.2 Å². The average Bonchev–Trinajstić information content (AvgIpc) is 3.13. The Hall–Kier alpha value is -2.18. The van der Waals surface area contributed by atoms with Gasteiger partial charge in [0.15, 0.2) is 0 Å². The van der Waals surface area contributed by atoms with E-state index >= 15 is 0 Å². The molecule has 1 fully saturated rings. The van der Waals surface area contributed by atoms with E-state index in [-0.39, 0.29) is 12.5 Å². The Morgan fingerprint density at radius 2 is 2.28 bits per heavy atom. The van der Waals surface area contributed by atoms with Crippen LogP contribution in [-0.2, 0) is 22.4 Å². The molecule has 1 aromatic carbocycles. The molecule has 3 rings (SSSR count). The molecule has 1 aliphatic heterocycles. The van der Waals surface area contributed by atoms with Crippen molar-refractivity contribution >= 4 is 5.91 Å². The molecule has 6 nitrogen and oxygen atoms in total. The van der Waals surface area contributed by atoms with Crippen molar-refractivity contribution in [3.63, 3.8) is 0 Å². The van der Waals surface area contributed by atoms with Gasteiger partial charge in [-0.05, 0) is 12.5 Å². The Morgan fingerprint density at radius 1 is 1.40 bits per heavy atom. The van der Waals surface area contributed by atoms with Crippen molar-refractivity contribution < 1.29 is 19.2 Å². The van der Waals surface area contributed by atoms with Crippen molar-refractivity contribution in [2.75, 3.05) is 26.3 Å². The second-order valence-corrected chi connectivity index (χ2v) is 6.65. The molecule has 0 spiro atoms. The molecule has 1 aromatic heterocycles. The third kappa shape index (κ3) is 4.46. The van der Waals surface area contributed by atoms with Gasteiger partial charge >= 0.3 is 0 Å². The summed E-state index contributed by atoms with van der Waals surface area (Å²) in [5.74, 6) is 0.747. The molecule has 2 aromatic rings. The number of aliphatic hydroxyl groups is 1. The Morgan fingerprint density at radius 3 is 3.00 bits per heavy atom. The summed E-state index contributed by atoms with van der Waals surface area (Å²) in [6.45, 7) is 3.29. The molecule has 1 N–H and O–H groups in total. The predicted molar refractivity (Wildman–Crippen MR) is 92.1 cm³/mol. The summed E-state index contributed by atoms with van der Waals surface area (Å²) in [4.78, 5) is 14.3. The van der Waals surface area contributed by atoms with Crippen LogP contribution in [0.25, 0.3) is 0 Å². The van der Waals surface area contributed by atoms with Gasteiger partial charge in [0.2, 0.25) is 5.91 Å². The molecule has 0 radical (unpaired) electrons. The fourth-order valence-corrected chi connectivity index (χ4v) is 3.27. The predicted octanol–water partition coefficient (Wildman–Crippen LogP) is 1.75. The first-order valence-corrected chi connectivity index (χ1v) is 8.58. The van der Waals surface area contributed by atoms with Crippen LogP contribution in [0.15, 0.2) is 41.1 Å². The Balaban J connectivity index is 1.64. The Kier molecular flexibility index (Phi) is 5.50. The summed E-state index contributed by atoms with van der Waals surface area (Å²) in [7, 11) is 0. The SMILES string of the molecule is Cc1cccc(C[C@@]2(CO)CN(C(=O)CCc3ccno3)CCO2)c1. The number of ether oxygens (including phenoxy) is 1. The molecule has 1 saturated heterocycles. The Bertz CT molecular complexity index is 701. The second-order valence-electron chi connectivity index (χ2n) is 6.65. The number of carbonyl (C=O) groups excluding carboxylic acids is 1. The number of amides is 1. The van der Waals surface area contributed by atoms with Crippen LogP contribution in [0.2, 0.25) is 0 Å². The van der Waals surface area contributed by atoms with Gasteiger partial charge < -0.3 is 19.3 Å². The lowest BCUT2D eigenvalue weighted by molar-refractivity contribution is -0.158. The maximum absolute atomic E-state index is 12.5. The zero-order valence-electron chi connectivity index (χ0n) is 14.5. The quantitative estimate of drug-likeness (QED) is 0.864. The standard InChI is InChI=1S/C19H24N2O4/c1-15-3-2-4-16(11-15)12-19(14-22)13-21(9-10-24-19)18(23)6-5-17-7-8-20-25-17/h2-4,7-8,11,22H,5-6,9-10,12-14H2,1H3/t19-/m0/s1. The molecular weight excluding hydrogens is 320 g/mol. The van der Waals surface area contributed by atoms with Crippen LogP contribution < -0.4 is 0 Å². The topological polar surface area (TPSA) is 75.8 Å². The summed E-state index contributed by atoms with van der Waals surface area (Å²) < 4.78 is 11.0. The third-order valence-electron chi connectivity index (χ3n) is 4.57. The zero-order chi connectivity index (χ0) is 17.7. The fourth-order valence-electron chi connectivity index (χ4n) is 3.27. The molecule has 134 valence electrons. The normalized spacial score (nSPS) is 20.6. The number of rotatable bonds is 6. The van der Waals surface area contributed by atoms with Crippen LogP contribution in [-0.4, -0.2) is 53.0 Å². The van der Waals surface area contributed by atoms with Gasteiger partial charge in [0, 0.05) is 31.9 Å². The number of carbonyl (C=O) groups is 1. The van der Waals surface area contributed by atoms with Gasteiger partial charge in [0.25, 0.3) is 0 Å². The summed E-state index contributed by atoms with van der Waals surface area (Å²) in [5.41, 5.74) is 1.53. The van der Waals surface area contributed by atoms with E-state index in [9.17, 15) is 9.90 Å². The minimum Gasteiger partial charge on any atom is -0.393 e. The summed E-state index contributed by atoms with van der Waals surface area (Å²) in [6.07, 6.45) is 3.05. The number of hydrogen-bond donors (Lipinski definition) is 1. The molecule has 0 saturated carbocycles. The van der Waals surface area contributed by atoms with Crippen molar-refractivity contribution in [1.82, 2.24) is 10.1 Å². The molecule has 2 heterocycles. The molecular formula is C19H24N2O4. The first kappa shape index (κ1) is 17.6. The van der Waals surface area contributed by atoms with E-state index in [1.807, 2.05) is 25.1 Å². The number of aromatic nitrogens is 1. The molecule has 0 unspecified atom stereocenters. The third-order valence-corrected chi connectivity index (χ3v) is 4.57. The number of nitrogens with zero attached hydrogens (tertiary/aromatic N) is 2. The number of morpholine rings is 1. The number of benzene rings is 1. The lowest BCUT2D eigenvalue weighted by Crippen LogP contribution is -2.56. The lowest BCUT2D eigenvalue weighted by Gasteiger charge is -2.42. The van der Waals surface area contributed by atoms with Crippen LogP contribution in [0.5, 0.6) is 0 Å². The van der Waals surface area contributed by atoms with Crippen LogP contribution in [0.1, 0.15) is 23.3 Å². The second kappa shape index (κ2) is 7.80. The van der Waals surface area contributed by atoms with Gasteiger partial charge in [-0.1, -0.05) is 35.0 Å². The van der Waals surface area contributed by atoms with Crippen LogP contribution in [0.3, 0.4) is 0 Å². The summed E-state index contributed by atoms with van der Waals surface area (Å²) >= 11 is 0. The van der Waals surface area contributed by atoms with E-state index in [1.54, 1.807) is 17.2 Å². The highest BCUT2D eigenvalue weighted by molar-refractivity contribution is 5.76. The van der Waals surface area contributed by atoms with Crippen LogP contribution in [0, 0.1) is 6.92 Å². The number of aliphatic hydroxyl groups excluding tert-OH is 1. The lowest BCUT2D eigenvalue weighted by atomic mass is 9.92. The molecule has 0 bridgehead atoms. The smallest absolute Gasteiger partial charge is 0.223 e. The van der Waals surface area contributed by atoms with Gasteiger partial charge in [-0.15, -0.1) is 0 Å². The van der Waals surface area contributed by atoms with Gasteiger partial charge in [0.05, 0.1) is 26.0 Å². The van der Waals surface area contributed by atoms with Crippen LogP contribution >= 0.6 is 0 Å². The van der Waals surface area contributed by atoms with Gasteiger partial charge in [0.1, 0.15) is 11.4 Å². The van der Waals surface area contributed by atoms with E-state index in [4.69, 9.17) is 9.26 Å². The molecule has 25 heavy (non-hydrogen) atoms. The molecule has 1 amide bonds. The molecule has 6 heteroatoms.